The van der Waals surface area contributed by atoms with Crippen molar-refractivity contribution in [2.75, 3.05) is 6.26 Å². The summed E-state index contributed by atoms with van der Waals surface area (Å²) >= 11 is 1.43. The van der Waals surface area contributed by atoms with Crippen LogP contribution in [0.4, 0.5) is 5.69 Å². The number of nitro benzene ring substituents is 1. The van der Waals surface area contributed by atoms with E-state index in [-0.39, 0.29) is 5.69 Å². The molecule has 2 aromatic rings. The molecule has 0 saturated heterocycles. The summed E-state index contributed by atoms with van der Waals surface area (Å²) in [6, 6.07) is 8.14. The van der Waals surface area contributed by atoms with Crippen LogP contribution >= 0.6 is 11.8 Å². The number of rotatable bonds is 3. The van der Waals surface area contributed by atoms with Crippen LogP contribution < -0.4 is 0 Å². The molecule has 1 aromatic heterocycles. The van der Waals surface area contributed by atoms with Gasteiger partial charge in [0.15, 0.2) is 5.16 Å². The van der Waals surface area contributed by atoms with Crippen LogP contribution in [0.1, 0.15) is 0 Å². The van der Waals surface area contributed by atoms with Gasteiger partial charge in [0.05, 0.1) is 10.6 Å². The molecule has 86 valence electrons. The van der Waals surface area contributed by atoms with Crippen LogP contribution in [0, 0.1) is 10.1 Å². The van der Waals surface area contributed by atoms with Gasteiger partial charge >= 0.3 is 0 Å². The Hall–Kier alpha value is -1.95. The van der Waals surface area contributed by atoms with Crippen molar-refractivity contribution in [1.29, 1.82) is 0 Å². The molecule has 6 heteroatoms. The van der Waals surface area contributed by atoms with E-state index in [4.69, 9.17) is 0 Å². The summed E-state index contributed by atoms with van der Waals surface area (Å²) in [6.45, 7) is 0. The van der Waals surface area contributed by atoms with Crippen molar-refractivity contribution in [2.24, 2.45) is 0 Å². The first-order chi connectivity index (χ1) is 8.20. The van der Waals surface area contributed by atoms with Crippen LogP contribution in [-0.4, -0.2) is 21.1 Å². The summed E-state index contributed by atoms with van der Waals surface area (Å²) < 4.78 is 0. The van der Waals surface area contributed by atoms with Gasteiger partial charge < -0.3 is 0 Å². The molecule has 0 aliphatic heterocycles. The summed E-state index contributed by atoms with van der Waals surface area (Å²) in [5.41, 5.74) is 1.47. The van der Waals surface area contributed by atoms with Crippen LogP contribution in [0.25, 0.3) is 11.3 Å². The van der Waals surface area contributed by atoms with E-state index in [1.54, 1.807) is 24.4 Å². The molecule has 1 heterocycles. The molecule has 2 rings (SSSR count). The molecule has 0 saturated carbocycles. The number of nitrogens with zero attached hydrogens (tertiary/aromatic N) is 3. The Morgan fingerprint density at radius 1 is 1.35 bits per heavy atom. The molecular weight excluding hydrogens is 238 g/mol. The molecule has 0 amide bonds. The van der Waals surface area contributed by atoms with Crippen LogP contribution in [-0.2, 0) is 0 Å². The minimum absolute atomic E-state index is 0.0619. The van der Waals surface area contributed by atoms with Crippen LogP contribution in [0.2, 0.25) is 0 Å². The normalized spacial score (nSPS) is 10.2. The number of hydrogen-bond acceptors (Lipinski definition) is 5. The quantitative estimate of drug-likeness (QED) is 0.361. The third-order valence-corrected chi connectivity index (χ3v) is 2.73. The molecule has 5 nitrogen and oxygen atoms in total. The van der Waals surface area contributed by atoms with E-state index in [2.05, 4.69) is 9.97 Å². The van der Waals surface area contributed by atoms with Crippen molar-refractivity contribution in [2.45, 2.75) is 5.16 Å². The fourth-order valence-electron chi connectivity index (χ4n) is 1.38. The highest BCUT2D eigenvalue weighted by Crippen LogP contribution is 2.23. The summed E-state index contributed by atoms with van der Waals surface area (Å²) in [4.78, 5) is 18.6. The van der Waals surface area contributed by atoms with E-state index >= 15 is 0 Å². The van der Waals surface area contributed by atoms with Gasteiger partial charge in [0.2, 0.25) is 0 Å². The summed E-state index contributed by atoms with van der Waals surface area (Å²) in [5.74, 6) is 0. The van der Waals surface area contributed by atoms with Gasteiger partial charge in [-0.3, -0.25) is 10.1 Å². The number of nitro groups is 1. The second kappa shape index (κ2) is 4.92. The van der Waals surface area contributed by atoms with Gasteiger partial charge in [-0.25, -0.2) is 9.97 Å². The Balaban J connectivity index is 2.45. The topological polar surface area (TPSA) is 68.9 Å². The average molecular weight is 247 g/mol. The molecular formula is C11H9N3O2S. The van der Waals surface area contributed by atoms with E-state index < -0.39 is 4.92 Å². The maximum Gasteiger partial charge on any atom is 0.270 e. The largest absolute Gasteiger partial charge is 0.270 e. The standard InChI is InChI=1S/C11H9N3O2S/c1-17-11-12-6-5-10(13-11)8-3-2-4-9(7-8)14(15)16/h2-7H,1H3. The molecule has 0 aliphatic carbocycles. The predicted octanol–water partition coefficient (Wildman–Crippen LogP) is 2.77. The maximum absolute atomic E-state index is 10.7. The van der Waals surface area contributed by atoms with Gasteiger partial charge in [-0.1, -0.05) is 23.9 Å². The summed E-state index contributed by atoms with van der Waals surface area (Å²) in [5, 5.41) is 11.3. The van der Waals surface area contributed by atoms with Gasteiger partial charge in [0.25, 0.3) is 5.69 Å². The molecule has 0 atom stereocenters. The van der Waals surface area contributed by atoms with Gasteiger partial charge in [0, 0.05) is 23.9 Å². The number of non-ortho nitro benzene ring substituents is 1. The van der Waals surface area contributed by atoms with Gasteiger partial charge in [-0.05, 0) is 12.3 Å². The van der Waals surface area contributed by atoms with Crippen molar-refractivity contribution >= 4 is 17.4 Å². The Morgan fingerprint density at radius 3 is 2.88 bits per heavy atom. The molecule has 0 aliphatic rings. The van der Waals surface area contributed by atoms with E-state index in [1.807, 2.05) is 6.26 Å². The van der Waals surface area contributed by atoms with Crippen LogP contribution in [0.3, 0.4) is 0 Å². The lowest BCUT2D eigenvalue weighted by Gasteiger charge is -2.01. The second-order valence-corrected chi connectivity index (χ2v) is 4.01. The first kappa shape index (κ1) is 11.5. The zero-order valence-electron chi connectivity index (χ0n) is 9.03. The van der Waals surface area contributed by atoms with Crippen molar-refractivity contribution in [3.63, 3.8) is 0 Å². The van der Waals surface area contributed by atoms with Crippen molar-refractivity contribution in [1.82, 2.24) is 9.97 Å². The molecule has 0 unspecified atom stereocenters. The van der Waals surface area contributed by atoms with E-state index in [0.29, 0.717) is 10.9 Å². The SMILES string of the molecule is CSc1nccc(-c2cccc([N+](=O)[O-])c2)n1. The smallest absolute Gasteiger partial charge is 0.258 e. The molecule has 17 heavy (non-hydrogen) atoms. The minimum Gasteiger partial charge on any atom is -0.258 e. The average Bonchev–Trinajstić information content (AvgIpc) is 2.39. The Morgan fingerprint density at radius 2 is 2.18 bits per heavy atom. The monoisotopic (exact) mass is 247 g/mol. The molecule has 0 spiro atoms. The van der Waals surface area contributed by atoms with E-state index in [1.165, 1.54) is 23.9 Å². The molecule has 0 radical (unpaired) electrons. The minimum atomic E-state index is -0.416. The van der Waals surface area contributed by atoms with Gasteiger partial charge in [-0.2, -0.15) is 0 Å². The Bertz CT molecular complexity index is 560. The highest BCUT2D eigenvalue weighted by Gasteiger charge is 2.08. The highest BCUT2D eigenvalue weighted by molar-refractivity contribution is 7.98. The fraction of sp³-hybridized carbons (Fsp3) is 0.0909. The Labute approximate surface area is 102 Å². The van der Waals surface area contributed by atoms with Crippen LogP contribution in [0.5, 0.6) is 0 Å². The Kier molecular flexibility index (Phi) is 3.34. The molecule has 1 aromatic carbocycles. The first-order valence-electron chi connectivity index (χ1n) is 4.82. The predicted molar refractivity (Wildman–Crippen MR) is 65.9 cm³/mol. The number of benzene rings is 1. The van der Waals surface area contributed by atoms with Gasteiger partial charge in [-0.15, -0.1) is 0 Å². The van der Waals surface area contributed by atoms with Crippen molar-refractivity contribution in [3.05, 3.63) is 46.6 Å². The fourth-order valence-corrected chi connectivity index (χ4v) is 1.73. The highest BCUT2D eigenvalue weighted by atomic mass is 32.2. The lowest BCUT2D eigenvalue weighted by Crippen LogP contribution is -1.91. The molecule has 0 fully saturated rings. The number of aromatic nitrogens is 2. The summed E-state index contributed by atoms with van der Waals surface area (Å²) in [6.07, 6.45) is 3.53. The van der Waals surface area contributed by atoms with E-state index in [0.717, 1.165) is 5.56 Å². The number of thioether (sulfide) groups is 1. The van der Waals surface area contributed by atoms with E-state index in [9.17, 15) is 10.1 Å². The zero-order valence-corrected chi connectivity index (χ0v) is 9.85. The summed E-state index contributed by atoms with van der Waals surface area (Å²) in [7, 11) is 0. The first-order valence-corrected chi connectivity index (χ1v) is 6.05. The lowest BCUT2D eigenvalue weighted by atomic mass is 10.1. The maximum atomic E-state index is 10.7. The third kappa shape index (κ3) is 2.59. The zero-order chi connectivity index (χ0) is 12.3. The van der Waals surface area contributed by atoms with Crippen molar-refractivity contribution in [3.8, 4) is 11.3 Å². The number of hydrogen-bond donors (Lipinski definition) is 0. The van der Waals surface area contributed by atoms with Gasteiger partial charge in [0.1, 0.15) is 0 Å². The second-order valence-electron chi connectivity index (χ2n) is 3.24. The van der Waals surface area contributed by atoms with Crippen molar-refractivity contribution < 1.29 is 4.92 Å². The molecule has 0 bridgehead atoms. The lowest BCUT2D eigenvalue weighted by molar-refractivity contribution is -0.384. The third-order valence-electron chi connectivity index (χ3n) is 2.17. The van der Waals surface area contributed by atoms with Crippen LogP contribution in [0.15, 0.2) is 41.7 Å². The molecule has 0 N–H and O–H groups in total.